The lowest BCUT2D eigenvalue weighted by molar-refractivity contribution is -0.128. The number of aromatic nitrogens is 2. The van der Waals surface area contributed by atoms with Crippen molar-refractivity contribution in [3.8, 4) is 5.75 Å². The third-order valence-electron chi connectivity index (χ3n) is 5.11. The molecule has 1 fully saturated rings. The van der Waals surface area contributed by atoms with Gasteiger partial charge in [0.1, 0.15) is 11.6 Å². The summed E-state index contributed by atoms with van der Waals surface area (Å²) < 4.78 is 23.5. The van der Waals surface area contributed by atoms with Crippen molar-refractivity contribution in [3.05, 3.63) is 71.6 Å². The number of amides is 3. The molecule has 0 radical (unpaired) electrons. The Morgan fingerprint density at radius 2 is 2.03 bits per heavy atom. The van der Waals surface area contributed by atoms with Crippen LogP contribution in [0, 0.1) is 5.82 Å². The Hall–Kier alpha value is -3.95. The van der Waals surface area contributed by atoms with Crippen LogP contribution >= 0.6 is 0 Å². The number of urea groups is 1. The minimum atomic E-state index is -0.448. The molecule has 3 amide bonds. The molecule has 3 aromatic rings. The first-order chi connectivity index (χ1) is 15.5. The highest BCUT2D eigenvalue weighted by Crippen LogP contribution is 2.27. The first-order valence-electron chi connectivity index (χ1n) is 10.0. The van der Waals surface area contributed by atoms with Gasteiger partial charge in [-0.05, 0) is 29.8 Å². The predicted molar refractivity (Wildman–Crippen MR) is 112 cm³/mol. The number of anilines is 1. The Bertz CT molecular complexity index is 1100. The number of methoxy groups -OCH3 is 1. The van der Waals surface area contributed by atoms with E-state index in [2.05, 4.69) is 20.8 Å². The zero-order chi connectivity index (χ0) is 22.5. The molecule has 1 atom stereocenters. The van der Waals surface area contributed by atoms with Crippen LogP contribution < -0.4 is 15.4 Å². The van der Waals surface area contributed by atoms with Gasteiger partial charge in [0.05, 0.1) is 19.3 Å². The zero-order valence-electron chi connectivity index (χ0n) is 17.4. The largest absolute Gasteiger partial charge is 0.495 e. The van der Waals surface area contributed by atoms with Crippen molar-refractivity contribution in [1.29, 1.82) is 0 Å². The topological polar surface area (TPSA) is 110 Å². The molecule has 2 heterocycles. The van der Waals surface area contributed by atoms with Gasteiger partial charge in [0.25, 0.3) is 0 Å². The average molecular weight is 439 g/mol. The summed E-state index contributed by atoms with van der Waals surface area (Å²) in [5, 5.41) is 9.31. The van der Waals surface area contributed by atoms with Gasteiger partial charge in [-0.1, -0.05) is 29.4 Å². The Labute approximate surface area is 183 Å². The van der Waals surface area contributed by atoms with Gasteiger partial charge in [-0.25, -0.2) is 9.18 Å². The molecule has 2 N–H and O–H groups in total. The number of nitrogens with zero attached hydrogens (tertiary/aromatic N) is 3. The molecule has 4 rings (SSSR count). The van der Waals surface area contributed by atoms with Gasteiger partial charge in [0.2, 0.25) is 11.8 Å². The van der Waals surface area contributed by atoms with Crippen LogP contribution in [0.4, 0.5) is 14.9 Å². The zero-order valence-corrected chi connectivity index (χ0v) is 17.4. The fraction of sp³-hybridized carbons (Fsp3) is 0.273. The van der Waals surface area contributed by atoms with E-state index >= 15 is 0 Å². The molecule has 32 heavy (non-hydrogen) atoms. The third kappa shape index (κ3) is 5.02. The lowest BCUT2D eigenvalue weighted by Crippen LogP contribution is -2.28. The number of likely N-dealkylation sites (tertiary alicyclic amines) is 1. The number of benzene rings is 2. The fourth-order valence-electron chi connectivity index (χ4n) is 3.48. The SMILES string of the molecule is COc1ccccc1NC(=O)NCc1nc(C2CC(=O)N(Cc3ccc(F)cc3)C2)no1. The number of carbonyl (C=O) groups is 2. The van der Waals surface area contributed by atoms with Gasteiger partial charge < -0.3 is 24.8 Å². The molecule has 1 saturated heterocycles. The normalized spacial score (nSPS) is 15.6. The molecule has 1 aromatic heterocycles. The highest BCUT2D eigenvalue weighted by molar-refractivity contribution is 5.90. The van der Waals surface area contributed by atoms with Crippen LogP contribution in [0.1, 0.15) is 29.6 Å². The van der Waals surface area contributed by atoms with Crippen LogP contribution in [0.15, 0.2) is 53.1 Å². The average Bonchev–Trinajstić information content (AvgIpc) is 3.41. The standard InChI is InChI=1S/C22H22FN5O4/c1-31-18-5-3-2-4-17(18)25-22(30)24-11-19-26-21(27-32-19)15-10-20(29)28(13-15)12-14-6-8-16(23)9-7-14/h2-9,15H,10-13H2,1H3,(H2,24,25,30). The van der Waals surface area contributed by atoms with Gasteiger partial charge >= 0.3 is 6.03 Å². The van der Waals surface area contributed by atoms with Gasteiger partial charge in [-0.15, -0.1) is 0 Å². The number of ether oxygens (including phenoxy) is 1. The van der Waals surface area contributed by atoms with Crippen molar-refractivity contribution in [3.63, 3.8) is 0 Å². The minimum absolute atomic E-state index is 0.0278. The van der Waals surface area contributed by atoms with Crippen LogP contribution in [-0.2, 0) is 17.9 Å². The third-order valence-corrected chi connectivity index (χ3v) is 5.11. The van der Waals surface area contributed by atoms with Crippen molar-refractivity contribution >= 4 is 17.6 Å². The summed E-state index contributed by atoms with van der Waals surface area (Å²) in [6.45, 7) is 0.871. The molecule has 1 unspecified atom stereocenters. The Kier molecular flexibility index (Phi) is 6.29. The number of rotatable bonds is 7. The van der Waals surface area contributed by atoms with E-state index in [-0.39, 0.29) is 36.5 Å². The molecule has 9 nitrogen and oxygen atoms in total. The molecule has 0 spiro atoms. The summed E-state index contributed by atoms with van der Waals surface area (Å²) in [6, 6.07) is 12.7. The molecule has 2 aromatic carbocycles. The Balaban J connectivity index is 1.30. The van der Waals surface area contributed by atoms with E-state index in [4.69, 9.17) is 9.26 Å². The van der Waals surface area contributed by atoms with Gasteiger partial charge in [-0.3, -0.25) is 4.79 Å². The maximum atomic E-state index is 13.1. The number of para-hydroxylation sites is 2. The Morgan fingerprint density at radius 3 is 2.81 bits per heavy atom. The van der Waals surface area contributed by atoms with Crippen LogP contribution in [-0.4, -0.2) is 40.6 Å². The van der Waals surface area contributed by atoms with Crippen LogP contribution in [0.5, 0.6) is 5.75 Å². The molecule has 0 bridgehead atoms. The van der Waals surface area contributed by atoms with E-state index in [1.54, 1.807) is 41.3 Å². The van der Waals surface area contributed by atoms with Crippen LogP contribution in [0.3, 0.4) is 0 Å². The summed E-state index contributed by atoms with van der Waals surface area (Å²) >= 11 is 0. The molecular weight excluding hydrogens is 417 g/mol. The van der Waals surface area contributed by atoms with Gasteiger partial charge in [0, 0.05) is 25.4 Å². The maximum Gasteiger partial charge on any atom is 0.319 e. The lowest BCUT2D eigenvalue weighted by atomic mass is 10.1. The minimum Gasteiger partial charge on any atom is -0.495 e. The quantitative estimate of drug-likeness (QED) is 0.586. The second-order valence-corrected chi connectivity index (χ2v) is 7.36. The molecule has 0 aliphatic carbocycles. The van der Waals surface area contributed by atoms with E-state index in [9.17, 15) is 14.0 Å². The van der Waals surface area contributed by atoms with Crippen molar-refractivity contribution in [1.82, 2.24) is 20.4 Å². The summed E-state index contributed by atoms with van der Waals surface area (Å²) in [7, 11) is 1.52. The highest BCUT2D eigenvalue weighted by atomic mass is 19.1. The number of hydrogen-bond donors (Lipinski definition) is 2. The molecule has 1 aliphatic rings. The monoisotopic (exact) mass is 439 g/mol. The molecular formula is C22H22FN5O4. The molecule has 166 valence electrons. The predicted octanol–water partition coefficient (Wildman–Crippen LogP) is 3.06. The summed E-state index contributed by atoms with van der Waals surface area (Å²) in [6.07, 6.45) is 0.266. The van der Waals surface area contributed by atoms with Crippen molar-refractivity contribution in [2.75, 3.05) is 19.0 Å². The van der Waals surface area contributed by atoms with Crippen molar-refractivity contribution in [2.45, 2.75) is 25.4 Å². The number of nitrogens with one attached hydrogen (secondary N) is 2. The smallest absolute Gasteiger partial charge is 0.319 e. The van der Waals surface area contributed by atoms with Crippen molar-refractivity contribution < 1.29 is 23.2 Å². The Morgan fingerprint density at radius 1 is 1.25 bits per heavy atom. The van der Waals surface area contributed by atoms with E-state index in [0.717, 1.165) is 5.56 Å². The fourth-order valence-corrected chi connectivity index (χ4v) is 3.48. The molecule has 10 heteroatoms. The number of hydrogen-bond acceptors (Lipinski definition) is 6. The summed E-state index contributed by atoms with van der Waals surface area (Å²) in [5.74, 6) is 0.645. The second-order valence-electron chi connectivity index (χ2n) is 7.36. The second kappa shape index (κ2) is 9.46. The van der Waals surface area contributed by atoms with E-state index in [1.807, 2.05) is 0 Å². The maximum absolute atomic E-state index is 13.1. The van der Waals surface area contributed by atoms with Crippen LogP contribution in [0.2, 0.25) is 0 Å². The summed E-state index contributed by atoms with van der Waals surface area (Å²) in [5.41, 5.74) is 1.38. The van der Waals surface area contributed by atoms with Gasteiger partial charge in [-0.2, -0.15) is 4.98 Å². The van der Waals surface area contributed by atoms with Crippen LogP contribution in [0.25, 0.3) is 0 Å². The molecule has 1 aliphatic heterocycles. The number of carbonyl (C=O) groups excluding carboxylic acids is 2. The van der Waals surface area contributed by atoms with Crippen molar-refractivity contribution in [2.24, 2.45) is 0 Å². The van der Waals surface area contributed by atoms with E-state index in [1.165, 1.54) is 19.2 Å². The highest BCUT2D eigenvalue weighted by Gasteiger charge is 2.33. The van der Waals surface area contributed by atoms with Gasteiger partial charge in [0.15, 0.2) is 5.82 Å². The van der Waals surface area contributed by atoms with E-state index in [0.29, 0.717) is 30.4 Å². The van der Waals surface area contributed by atoms with E-state index < -0.39 is 6.03 Å². The summed E-state index contributed by atoms with van der Waals surface area (Å²) in [4.78, 5) is 30.5. The lowest BCUT2D eigenvalue weighted by Gasteiger charge is -2.16. The first kappa shape index (κ1) is 21.3. The first-order valence-corrected chi connectivity index (χ1v) is 10.0. The number of halogens is 1. The molecule has 0 saturated carbocycles.